The Labute approximate surface area is 179 Å². The molecule has 2 aromatic carbocycles. The van der Waals surface area contributed by atoms with Crippen molar-refractivity contribution in [3.05, 3.63) is 59.8 Å². The van der Waals surface area contributed by atoms with Crippen LogP contribution in [0, 0.1) is 25.2 Å². The normalized spacial score (nSPS) is 11.0. The minimum absolute atomic E-state index is 0.00552. The molecule has 0 bridgehead atoms. The van der Waals surface area contributed by atoms with E-state index in [0.717, 1.165) is 21.0 Å². The maximum Gasteiger partial charge on any atom is 0.238 e. The summed E-state index contributed by atoms with van der Waals surface area (Å²) in [6.07, 6.45) is 1.72. The molecule has 3 N–H and O–H groups in total. The first-order valence-corrected chi connectivity index (χ1v) is 11.1. The van der Waals surface area contributed by atoms with Gasteiger partial charge in [0, 0.05) is 22.3 Å². The first-order valence-electron chi connectivity index (χ1n) is 8.78. The number of hydrogen-bond acceptors (Lipinski definition) is 8. The number of aryl methyl sites for hydroxylation is 2. The molecule has 154 valence electrons. The van der Waals surface area contributed by atoms with Crippen molar-refractivity contribution in [3.63, 3.8) is 0 Å². The summed E-state index contributed by atoms with van der Waals surface area (Å²) in [5.74, 6) is 1.06. The minimum Gasteiger partial charge on any atom is -0.478 e. The molecule has 3 aromatic rings. The van der Waals surface area contributed by atoms with Gasteiger partial charge >= 0.3 is 0 Å². The third-order valence-corrected chi connectivity index (χ3v) is 6.04. The van der Waals surface area contributed by atoms with Gasteiger partial charge in [0.25, 0.3) is 0 Å². The molecule has 0 aliphatic rings. The zero-order valence-electron chi connectivity index (χ0n) is 16.3. The highest BCUT2D eigenvalue weighted by molar-refractivity contribution is 7.99. The molecule has 0 fully saturated rings. The van der Waals surface area contributed by atoms with Crippen LogP contribution in [0.4, 0.5) is 11.6 Å². The molecule has 0 amide bonds. The van der Waals surface area contributed by atoms with Gasteiger partial charge in [-0.2, -0.15) is 5.26 Å². The van der Waals surface area contributed by atoms with Crippen molar-refractivity contribution in [3.8, 4) is 11.8 Å². The summed E-state index contributed by atoms with van der Waals surface area (Å²) in [5.41, 5.74) is 2.48. The van der Waals surface area contributed by atoms with Crippen molar-refractivity contribution in [2.75, 3.05) is 11.9 Å². The van der Waals surface area contributed by atoms with Gasteiger partial charge in [0.15, 0.2) is 6.61 Å². The summed E-state index contributed by atoms with van der Waals surface area (Å²) in [4.78, 5) is 9.85. The highest BCUT2D eigenvalue weighted by Gasteiger charge is 2.10. The first-order chi connectivity index (χ1) is 14.3. The van der Waals surface area contributed by atoms with Crippen LogP contribution in [0.15, 0.2) is 63.5 Å². The van der Waals surface area contributed by atoms with Gasteiger partial charge in [-0.25, -0.2) is 23.5 Å². The molecule has 3 rings (SSSR count). The van der Waals surface area contributed by atoms with Crippen LogP contribution >= 0.6 is 11.8 Å². The second kappa shape index (κ2) is 9.13. The Balaban J connectivity index is 1.77. The Morgan fingerprint density at radius 3 is 2.53 bits per heavy atom. The van der Waals surface area contributed by atoms with Crippen LogP contribution in [0.3, 0.4) is 0 Å². The van der Waals surface area contributed by atoms with E-state index in [9.17, 15) is 8.42 Å². The summed E-state index contributed by atoms with van der Waals surface area (Å²) in [6, 6.07) is 13.7. The van der Waals surface area contributed by atoms with Crippen molar-refractivity contribution in [1.82, 2.24) is 9.97 Å². The average Bonchev–Trinajstić information content (AvgIpc) is 2.70. The average molecular weight is 442 g/mol. The van der Waals surface area contributed by atoms with Crippen LogP contribution in [0.1, 0.15) is 11.1 Å². The molecule has 0 aliphatic carbocycles. The van der Waals surface area contributed by atoms with E-state index >= 15 is 0 Å². The number of anilines is 2. The summed E-state index contributed by atoms with van der Waals surface area (Å²) in [5, 5.41) is 17.6. The fraction of sp³-hybridized carbons (Fsp3) is 0.150. The molecule has 0 radical (unpaired) electrons. The Morgan fingerprint density at radius 2 is 1.90 bits per heavy atom. The van der Waals surface area contributed by atoms with E-state index in [-0.39, 0.29) is 11.5 Å². The number of hydrogen-bond donors (Lipinski definition) is 2. The van der Waals surface area contributed by atoms with E-state index in [1.807, 2.05) is 38.1 Å². The highest BCUT2D eigenvalue weighted by atomic mass is 32.2. The van der Waals surface area contributed by atoms with Crippen LogP contribution < -0.4 is 15.2 Å². The van der Waals surface area contributed by atoms with Crippen LogP contribution in [0.5, 0.6) is 5.75 Å². The maximum absolute atomic E-state index is 11.4. The van der Waals surface area contributed by atoms with Crippen LogP contribution in [0.25, 0.3) is 0 Å². The van der Waals surface area contributed by atoms with E-state index in [1.165, 1.54) is 23.9 Å². The summed E-state index contributed by atoms with van der Waals surface area (Å²) < 4.78 is 28.1. The molecule has 0 aliphatic heterocycles. The SMILES string of the molecule is Cc1cc(Sc2nc(Nc3ccc(S(N)(=O)=O)cc3)ncc2C)ccc1OCC#N. The number of ether oxygens (including phenoxy) is 1. The van der Waals surface area contributed by atoms with E-state index in [2.05, 4.69) is 15.3 Å². The number of primary sulfonamides is 1. The van der Waals surface area contributed by atoms with E-state index in [1.54, 1.807) is 18.3 Å². The number of benzene rings is 2. The van der Waals surface area contributed by atoms with Crippen molar-refractivity contribution < 1.29 is 13.2 Å². The second-order valence-electron chi connectivity index (χ2n) is 6.35. The lowest BCUT2D eigenvalue weighted by Gasteiger charge is -2.11. The first kappa shape index (κ1) is 21.6. The predicted molar refractivity (Wildman–Crippen MR) is 114 cm³/mol. The quantitative estimate of drug-likeness (QED) is 0.532. The number of sulfonamides is 1. The van der Waals surface area contributed by atoms with Crippen molar-refractivity contribution in [2.24, 2.45) is 5.14 Å². The molecular weight excluding hydrogens is 422 g/mol. The van der Waals surface area contributed by atoms with Crippen molar-refractivity contribution >= 4 is 33.4 Å². The van der Waals surface area contributed by atoms with Crippen LogP contribution in [-0.4, -0.2) is 25.0 Å². The zero-order valence-corrected chi connectivity index (χ0v) is 17.9. The number of nitrogens with one attached hydrogen (secondary N) is 1. The molecule has 8 nitrogen and oxygen atoms in total. The van der Waals surface area contributed by atoms with Gasteiger partial charge in [-0.3, -0.25) is 0 Å². The van der Waals surface area contributed by atoms with E-state index in [4.69, 9.17) is 15.1 Å². The van der Waals surface area contributed by atoms with E-state index in [0.29, 0.717) is 17.4 Å². The van der Waals surface area contributed by atoms with Gasteiger partial charge in [-0.05, 0) is 61.9 Å². The van der Waals surface area contributed by atoms with Crippen molar-refractivity contribution in [1.29, 1.82) is 5.26 Å². The molecule has 0 atom stereocenters. The Hall–Kier alpha value is -3.13. The van der Waals surface area contributed by atoms with Crippen molar-refractivity contribution in [2.45, 2.75) is 28.7 Å². The lowest BCUT2D eigenvalue weighted by Crippen LogP contribution is -2.11. The number of rotatable bonds is 7. The molecule has 0 spiro atoms. The molecule has 1 aromatic heterocycles. The maximum atomic E-state index is 11.4. The number of aromatic nitrogens is 2. The third kappa shape index (κ3) is 5.48. The Morgan fingerprint density at radius 1 is 1.17 bits per heavy atom. The fourth-order valence-electron chi connectivity index (χ4n) is 2.52. The summed E-state index contributed by atoms with van der Waals surface area (Å²) in [6.45, 7) is 3.84. The number of nitriles is 1. The van der Waals surface area contributed by atoms with Gasteiger partial charge in [0.1, 0.15) is 16.8 Å². The van der Waals surface area contributed by atoms with Crippen LogP contribution in [-0.2, 0) is 10.0 Å². The Kier molecular flexibility index (Phi) is 6.56. The number of nitrogens with two attached hydrogens (primary N) is 1. The minimum atomic E-state index is -3.74. The van der Waals surface area contributed by atoms with E-state index < -0.39 is 10.0 Å². The standard InChI is InChI=1S/C20H19N5O3S2/c1-13-11-16(5-8-18(13)28-10-9-21)29-19-14(2)12-23-20(25-19)24-15-3-6-17(7-4-15)30(22,26)27/h3-8,11-12H,10H2,1-2H3,(H2,22,26,27)(H,23,24,25). The molecule has 30 heavy (non-hydrogen) atoms. The van der Waals surface area contributed by atoms with Gasteiger partial charge in [0.05, 0.1) is 4.90 Å². The van der Waals surface area contributed by atoms with Crippen LogP contribution in [0.2, 0.25) is 0 Å². The highest BCUT2D eigenvalue weighted by Crippen LogP contribution is 2.32. The molecular formula is C20H19N5O3S2. The predicted octanol–water partition coefficient (Wildman–Crippen LogP) is 3.54. The Bertz CT molecular complexity index is 1210. The molecule has 1 heterocycles. The van der Waals surface area contributed by atoms with Gasteiger partial charge in [-0.1, -0.05) is 11.8 Å². The van der Waals surface area contributed by atoms with Gasteiger partial charge in [-0.15, -0.1) is 0 Å². The molecule has 0 saturated heterocycles. The smallest absolute Gasteiger partial charge is 0.238 e. The molecule has 0 saturated carbocycles. The topological polar surface area (TPSA) is 131 Å². The fourth-order valence-corrected chi connectivity index (χ4v) is 3.97. The number of nitrogens with zero attached hydrogens (tertiary/aromatic N) is 3. The molecule has 10 heteroatoms. The summed E-state index contributed by atoms with van der Waals surface area (Å²) in [7, 11) is -3.74. The van der Waals surface area contributed by atoms with Gasteiger partial charge in [0.2, 0.25) is 16.0 Å². The molecule has 0 unspecified atom stereocenters. The lowest BCUT2D eigenvalue weighted by atomic mass is 10.2. The third-order valence-electron chi connectivity index (χ3n) is 4.02. The monoisotopic (exact) mass is 441 g/mol. The largest absolute Gasteiger partial charge is 0.478 e. The van der Waals surface area contributed by atoms with Gasteiger partial charge < -0.3 is 10.1 Å². The zero-order chi connectivity index (χ0) is 21.7. The second-order valence-corrected chi connectivity index (χ2v) is 8.98. The summed E-state index contributed by atoms with van der Waals surface area (Å²) >= 11 is 1.48. The lowest BCUT2D eigenvalue weighted by molar-refractivity contribution is 0.365.